The van der Waals surface area contributed by atoms with Crippen molar-refractivity contribution in [2.45, 2.75) is 13.1 Å². The lowest BCUT2D eigenvalue weighted by Crippen LogP contribution is -2.16. The van der Waals surface area contributed by atoms with E-state index in [1.165, 1.54) is 6.92 Å². The van der Waals surface area contributed by atoms with E-state index in [2.05, 4.69) is 15.5 Å². The van der Waals surface area contributed by atoms with Gasteiger partial charge in [-0.2, -0.15) is 13.2 Å². The lowest BCUT2D eigenvalue weighted by atomic mass is 10.1. The number of nitrogens with two attached hydrogens (primary N) is 1. The minimum absolute atomic E-state index is 0.0910. The van der Waals surface area contributed by atoms with E-state index in [0.29, 0.717) is 6.07 Å². The molecule has 106 valence electrons. The monoisotopic (exact) mass is 286 g/mol. The van der Waals surface area contributed by atoms with Crippen LogP contribution in [0.25, 0.3) is 0 Å². The molecule has 0 saturated heterocycles. The molecule has 1 amide bonds. The predicted octanol–water partition coefficient (Wildman–Crippen LogP) is 2.23. The summed E-state index contributed by atoms with van der Waals surface area (Å²) in [6, 6.07) is 2.25. The number of nitrogen functional groups attached to an aromatic ring is 1. The van der Waals surface area contributed by atoms with E-state index in [-0.39, 0.29) is 23.2 Å². The van der Waals surface area contributed by atoms with Gasteiger partial charge in [0.25, 0.3) is 5.91 Å². The highest BCUT2D eigenvalue weighted by Gasteiger charge is 2.31. The molecule has 0 fully saturated rings. The summed E-state index contributed by atoms with van der Waals surface area (Å²) in [5, 5.41) is 9.14. The van der Waals surface area contributed by atoms with Crippen LogP contribution in [0, 0.1) is 6.92 Å². The van der Waals surface area contributed by atoms with Crippen LogP contribution in [0.4, 0.5) is 24.9 Å². The lowest BCUT2D eigenvalue weighted by Gasteiger charge is -2.10. The van der Waals surface area contributed by atoms with Gasteiger partial charge >= 0.3 is 12.2 Å². The summed E-state index contributed by atoms with van der Waals surface area (Å²) in [7, 11) is 0. The van der Waals surface area contributed by atoms with Gasteiger partial charge < -0.3 is 10.2 Å². The van der Waals surface area contributed by atoms with Gasteiger partial charge in [-0.3, -0.25) is 10.1 Å². The highest BCUT2D eigenvalue weighted by molar-refractivity contribution is 6.06. The Morgan fingerprint density at radius 1 is 1.35 bits per heavy atom. The average Bonchev–Trinajstić information content (AvgIpc) is 2.73. The summed E-state index contributed by atoms with van der Waals surface area (Å²) in [5.41, 5.74) is 4.11. The van der Waals surface area contributed by atoms with Crippen molar-refractivity contribution in [3.63, 3.8) is 0 Å². The number of hydrogen-bond donors (Lipinski definition) is 2. The van der Waals surface area contributed by atoms with Gasteiger partial charge in [0, 0.05) is 12.6 Å². The first kappa shape index (κ1) is 13.8. The van der Waals surface area contributed by atoms with Crippen molar-refractivity contribution < 1.29 is 22.4 Å². The minimum Gasteiger partial charge on any atom is -0.408 e. The quantitative estimate of drug-likeness (QED) is 0.825. The minimum atomic E-state index is -4.57. The smallest absolute Gasteiger partial charge is 0.408 e. The molecule has 1 heterocycles. The molecule has 0 spiro atoms. The Morgan fingerprint density at radius 2 is 2.05 bits per heavy atom. The standard InChI is InChI=1S/C11H9F3N4O2/c1-5-17-18-10(20-5)16-9(19)7-4-6(11(12,13)14)2-3-8(7)15/h2-4H,15H2,1H3,(H,16,18,19). The second kappa shape index (κ2) is 4.83. The predicted molar refractivity (Wildman–Crippen MR) is 62.8 cm³/mol. The third-order valence-corrected chi connectivity index (χ3v) is 2.37. The van der Waals surface area contributed by atoms with Gasteiger partial charge in [-0.05, 0) is 18.2 Å². The van der Waals surface area contributed by atoms with Crippen molar-refractivity contribution in [3.05, 3.63) is 35.2 Å². The molecule has 20 heavy (non-hydrogen) atoms. The van der Waals surface area contributed by atoms with Crippen LogP contribution < -0.4 is 11.1 Å². The maximum Gasteiger partial charge on any atom is 0.416 e. The van der Waals surface area contributed by atoms with Crippen LogP contribution in [0.5, 0.6) is 0 Å². The number of nitrogens with zero attached hydrogens (tertiary/aromatic N) is 2. The number of anilines is 2. The van der Waals surface area contributed by atoms with Crippen LogP contribution in [-0.4, -0.2) is 16.1 Å². The lowest BCUT2D eigenvalue weighted by molar-refractivity contribution is -0.137. The zero-order valence-corrected chi connectivity index (χ0v) is 10.2. The van der Waals surface area contributed by atoms with Crippen LogP contribution in [0.15, 0.2) is 22.6 Å². The van der Waals surface area contributed by atoms with Gasteiger partial charge in [-0.1, -0.05) is 5.10 Å². The number of benzene rings is 1. The normalized spacial score (nSPS) is 11.4. The van der Waals surface area contributed by atoms with Crippen molar-refractivity contribution >= 4 is 17.6 Å². The summed E-state index contributed by atoms with van der Waals surface area (Å²) in [5.74, 6) is -0.658. The van der Waals surface area contributed by atoms with E-state index in [0.717, 1.165) is 12.1 Å². The molecule has 0 bridgehead atoms. The van der Waals surface area contributed by atoms with Gasteiger partial charge in [0.2, 0.25) is 5.89 Å². The van der Waals surface area contributed by atoms with Crippen molar-refractivity contribution in [2.75, 3.05) is 11.1 Å². The van der Waals surface area contributed by atoms with Gasteiger partial charge in [-0.15, -0.1) is 5.10 Å². The number of halogens is 3. The number of hydrogen-bond acceptors (Lipinski definition) is 5. The highest BCUT2D eigenvalue weighted by atomic mass is 19.4. The van der Waals surface area contributed by atoms with Crippen LogP contribution >= 0.6 is 0 Å². The SMILES string of the molecule is Cc1nnc(NC(=O)c2cc(C(F)(F)F)ccc2N)o1. The molecule has 6 nitrogen and oxygen atoms in total. The fraction of sp³-hybridized carbons (Fsp3) is 0.182. The molecule has 0 radical (unpaired) electrons. The van der Waals surface area contributed by atoms with E-state index >= 15 is 0 Å². The van der Waals surface area contributed by atoms with Crippen LogP contribution in [0.1, 0.15) is 21.8 Å². The molecule has 9 heteroatoms. The molecule has 0 unspecified atom stereocenters. The molecular weight excluding hydrogens is 277 g/mol. The molecule has 1 aromatic carbocycles. The summed E-state index contributed by atoms with van der Waals surface area (Å²) in [6.45, 7) is 1.50. The average molecular weight is 286 g/mol. The zero-order valence-electron chi connectivity index (χ0n) is 10.2. The Kier molecular flexibility index (Phi) is 3.35. The van der Waals surface area contributed by atoms with Gasteiger partial charge in [0.15, 0.2) is 0 Å². The molecule has 0 aliphatic rings. The molecule has 0 aliphatic carbocycles. The summed E-state index contributed by atoms with van der Waals surface area (Å²) in [6.07, 6.45) is -4.57. The first-order valence-electron chi connectivity index (χ1n) is 5.35. The van der Waals surface area contributed by atoms with Crippen molar-refractivity contribution in [3.8, 4) is 0 Å². The van der Waals surface area contributed by atoms with Gasteiger partial charge in [0.05, 0.1) is 11.1 Å². The molecule has 0 saturated carbocycles. The van der Waals surface area contributed by atoms with Gasteiger partial charge in [-0.25, -0.2) is 0 Å². The number of carbonyl (C=O) groups is 1. The first-order chi connectivity index (χ1) is 9.27. The Labute approximate surface area is 110 Å². The number of aromatic nitrogens is 2. The van der Waals surface area contributed by atoms with E-state index in [4.69, 9.17) is 10.2 Å². The van der Waals surface area contributed by atoms with Crippen LogP contribution in [0.3, 0.4) is 0 Å². The molecule has 1 aromatic heterocycles. The van der Waals surface area contributed by atoms with E-state index in [1.807, 2.05) is 0 Å². The summed E-state index contributed by atoms with van der Waals surface area (Å²) in [4.78, 5) is 11.8. The topological polar surface area (TPSA) is 94.0 Å². The maximum atomic E-state index is 12.6. The Balaban J connectivity index is 2.29. The van der Waals surface area contributed by atoms with Crippen LogP contribution in [-0.2, 0) is 6.18 Å². The number of alkyl halides is 3. The van der Waals surface area contributed by atoms with E-state index in [1.54, 1.807) is 0 Å². The third-order valence-electron chi connectivity index (χ3n) is 2.37. The molecule has 3 N–H and O–H groups in total. The van der Waals surface area contributed by atoms with E-state index < -0.39 is 17.6 Å². The van der Waals surface area contributed by atoms with Crippen molar-refractivity contribution in [1.29, 1.82) is 0 Å². The number of rotatable bonds is 2. The van der Waals surface area contributed by atoms with Gasteiger partial charge in [0.1, 0.15) is 0 Å². The molecule has 2 rings (SSSR count). The molecule has 0 aliphatic heterocycles. The largest absolute Gasteiger partial charge is 0.416 e. The zero-order chi connectivity index (χ0) is 14.9. The summed E-state index contributed by atoms with van der Waals surface area (Å²) < 4.78 is 42.6. The second-order valence-corrected chi connectivity index (χ2v) is 3.88. The Morgan fingerprint density at radius 3 is 2.60 bits per heavy atom. The van der Waals surface area contributed by atoms with E-state index in [9.17, 15) is 18.0 Å². The van der Waals surface area contributed by atoms with Crippen LogP contribution in [0.2, 0.25) is 0 Å². The molecule has 2 aromatic rings. The third kappa shape index (κ3) is 2.87. The van der Waals surface area contributed by atoms with Crippen molar-refractivity contribution in [1.82, 2.24) is 10.2 Å². The number of amides is 1. The number of nitrogens with one attached hydrogen (secondary N) is 1. The fourth-order valence-corrected chi connectivity index (χ4v) is 1.44. The number of aryl methyl sites for hydroxylation is 1. The Hall–Kier alpha value is -2.58. The maximum absolute atomic E-state index is 12.6. The molecular formula is C11H9F3N4O2. The highest BCUT2D eigenvalue weighted by Crippen LogP contribution is 2.31. The fourth-order valence-electron chi connectivity index (χ4n) is 1.44. The summed E-state index contributed by atoms with van der Waals surface area (Å²) >= 11 is 0. The Bertz CT molecular complexity index is 651. The number of carbonyl (C=O) groups excluding carboxylic acids is 1. The first-order valence-corrected chi connectivity index (χ1v) is 5.35. The second-order valence-electron chi connectivity index (χ2n) is 3.88. The van der Waals surface area contributed by atoms with Crippen molar-refractivity contribution in [2.24, 2.45) is 0 Å². The molecule has 0 atom stereocenters.